The van der Waals surface area contributed by atoms with Gasteiger partial charge in [-0.3, -0.25) is 4.79 Å². The summed E-state index contributed by atoms with van der Waals surface area (Å²) in [4.78, 5) is 12.9. The fourth-order valence-electron chi connectivity index (χ4n) is 0.837. The third-order valence-electron chi connectivity index (χ3n) is 1.50. The van der Waals surface area contributed by atoms with Crippen LogP contribution < -0.4 is 5.56 Å². The van der Waals surface area contributed by atoms with Gasteiger partial charge in [-0.15, -0.1) is 11.6 Å². The number of alkyl halides is 3. The van der Waals surface area contributed by atoms with Crippen LogP contribution in [0, 0.1) is 0 Å². The minimum absolute atomic E-state index is 0.0380. The van der Waals surface area contributed by atoms with Crippen molar-refractivity contribution in [3.63, 3.8) is 0 Å². The molecule has 0 fully saturated rings. The molecule has 0 saturated heterocycles. The van der Waals surface area contributed by atoms with Crippen molar-refractivity contribution in [1.29, 1.82) is 0 Å². The fourth-order valence-corrected chi connectivity index (χ4v) is 1.04. The third kappa shape index (κ3) is 1.98. The summed E-state index contributed by atoms with van der Waals surface area (Å²) in [5, 5.41) is 9.08. The number of nitrogens with one attached hydrogen (secondary N) is 1. The Hall–Kier alpha value is -1.10. The highest BCUT2D eigenvalue weighted by Gasteiger charge is 2.14. The van der Waals surface area contributed by atoms with Gasteiger partial charge in [-0.05, 0) is 6.07 Å². The summed E-state index contributed by atoms with van der Waals surface area (Å²) in [6.45, 7) is 0. The number of aromatic amines is 1. The van der Waals surface area contributed by atoms with Gasteiger partial charge in [-0.25, -0.2) is 8.78 Å². The number of aromatic nitrogens is 1. The van der Waals surface area contributed by atoms with E-state index in [1.807, 2.05) is 0 Å². The Kier molecular flexibility index (Phi) is 2.87. The van der Waals surface area contributed by atoms with Crippen molar-refractivity contribution in [3.8, 4) is 5.75 Å². The average molecular weight is 210 g/mol. The van der Waals surface area contributed by atoms with Crippen LogP contribution in [0.1, 0.15) is 17.7 Å². The van der Waals surface area contributed by atoms with Gasteiger partial charge in [0.25, 0.3) is 12.0 Å². The average Bonchev–Trinajstić information content (AvgIpc) is 2.07. The second-order valence-electron chi connectivity index (χ2n) is 2.35. The second-order valence-corrected chi connectivity index (χ2v) is 2.62. The Morgan fingerprint density at radius 3 is 2.69 bits per heavy atom. The first-order valence-corrected chi connectivity index (χ1v) is 3.89. The maximum absolute atomic E-state index is 12.1. The van der Waals surface area contributed by atoms with E-state index in [0.717, 1.165) is 6.07 Å². The molecule has 0 amide bonds. The Labute approximate surface area is 77.0 Å². The van der Waals surface area contributed by atoms with Gasteiger partial charge in [-0.1, -0.05) is 0 Å². The molecule has 72 valence electrons. The summed E-state index contributed by atoms with van der Waals surface area (Å²) in [5.74, 6) is -0.560. The SMILES string of the molecule is O=c1[nH]c(CCl)c(O)cc1C(F)F. The van der Waals surface area contributed by atoms with Crippen LogP contribution in [0.25, 0.3) is 0 Å². The predicted octanol–water partition coefficient (Wildman–Crippen LogP) is 1.76. The van der Waals surface area contributed by atoms with Crippen molar-refractivity contribution >= 4 is 11.6 Å². The maximum Gasteiger partial charge on any atom is 0.269 e. The predicted molar refractivity (Wildman–Crippen MR) is 43.2 cm³/mol. The molecule has 0 radical (unpaired) electrons. The zero-order valence-corrected chi connectivity index (χ0v) is 7.11. The molecule has 1 aromatic rings. The zero-order valence-electron chi connectivity index (χ0n) is 6.35. The highest BCUT2D eigenvalue weighted by atomic mass is 35.5. The zero-order chi connectivity index (χ0) is 10.0. The van der Waals surface area contributed by atoms with Crippen LogP contribution in [0.4, 0.5) is 8.78 Å². The van der Waals surface area contributed by atoms with Crippen molar-refractivity contribution in [2.75, 3.05) is 0 Å². The smallest absolute Gasteiger partial charge is 0.269 e. The first-order chi connectivity index (χ1) is 6.06. The van der Waals surface area contributed by atoms with Crippen molar-refractivity contribution in [2.45, 2.75) is 12.3 Å². The summed E-state index contributed by atoms with van der Waals surface area (Å²) in [6, 6.07) is 0.723. The standard InChI is InChI=1S/C7H6ClF2NO2/c8-2-4-5(12)1-3(6(9)10)7(13)11-4/h1,6,12H,2H2,(H,11,13). The Balaban J connectivity index is 3.29. The van der Waals surface area contributed by atoms with Gasteiger partial charge in [0.15, 0.2) is 0 Å². The molecule has 0 spiro atoms. The summed E-state index contributed by atoms with van der Waals surface area (Å²) in [6.07, 6.45) is -2.90. The largest absolute Gasteiger partial charge is 0.506 e. The molecule has 13 heavy (non-hydrogen) atoms. The lowest BCUT2D eigenvalue weighted by Crippen LogP contribution is -2.14. The molecule has 0 bridgehead atoms. The number of hydrogen-bond donors (Lipinski definition) is 2. The molecule has 3 nitrogen and oxygen atoms in total. The number of hydrogen-bond acceptors (Lipinski definition) is 2. The molecular weight excluding hydrogens is 204 g/mol. The van der Waals surface area contributed by atoms with Crippen LogP contribution in [0.5, 0.6) is 5.75 Å². The minimum Gasteiger partial charge on any atom is -0.506 e. The van der Waals surface area contributed by atoms with E-state index < -0.39 is 23.3 Å². The first kappa shape index (κ1) is 9.98. The normalized spacial score (nSPS) is 10.8. The molecular formula is C7H6ClF2NO2. The van der Waals surface area contributed by atoms with E-state index in [1.165, 1.54) is 0 Å². The van der Waals surface area contributed by atoms with Gasteiger partial charge in [-0.2, -0.15) is 0 Å². The first-order valence-electron chi connectivity index (χ1n) is 3.35. The molecule has 1 rings (SSSR count). The monoisotopic (exact) mass is 209 g/mol. The van der Waals surface area contributed by atoms with E-state index in [9.17, 15) is 13.6 Å². The van der Waals surface area contributed by atoms with E-state index in [0.29, 0.717) is 0 Å². The third-order valence-corrected chi connectivity index (χ3v) is 1.76. The Morgan fingerprint density at radius 1 is 1.62 bits per heavy atom. The van der Waals surface area contributed by atoms with Crippen LogP contribution in [-0.2, 0) is 5.88 Å². The van der Waals surface area contributed by atoms with E-state index in [2.05, 4.69) is 4.98 Å². The van der Waals surface area contributed by atoms with Gasteiger partial charge in [0, 0.05) is 0 Å². The van der Waals surface area contributed by atoms with Crippen molar-refractivity contribution < 1.29 is 13.9 Å². The lowest BCUT2D eigenvalue weighted by atomic mass is 10.2. The molecule has 0 aromatic carbocycles. The van der Waals surface area contributed by atoms with Gasteiger partial charge < -0.3 is 10.1 Å². The van der Waals surface area contributed by atoms with Gasteiger partial charge in [0.1, 0.15) is 5.75 Å². The summed E-state index contributed by atoms with van der Waals surface area (Å²) in [5.41, 5.74) is -1.65. The second kappa shape index (κ2) is 3.74. The van der Waals surface area contributed by atoms with Crippen LogP contribution in [0.15, 0.2) is 10.9 Å². The molecule has 0 aliphatic heterocycles. The quantitative estimate of drug-likeness (QED) is 0.730. The molecule has 1 heterocycles. The Morgan fingerprint density at radius 2 is 2.23 bits per heavy atom. The molecule has 0 aliphatic rings. The lowest BCUT2D eigenvalue weighted by molar-refractivity contribution is 0.149. The van der Waals surface area contributed by atoms with Crippen LogP contribution in [-0.4, -0.2) is 10.1 Å². The van der Waals surface area contributed by atoms with E-state index in [1.54, 1.807) is 0 Å². The van der Waals surface area contributed by atoms with Gasteiger partial charge >= 0.3 is 0 Å². The van der Waals surface area contributed by atoms with E-state index in [4.69, 9.17) is 16.7 Å². The molecule has 0 unspecified atom stereocenters. The molecule has 0 saturated carbocycles. The van der Waals surface area contributed by atoms with Gasteiger partial charge in [0.05, 0.1) is 17.1 Å². The molecule has 2 N–H and O–H groups in total. The highest BCUT2D eigenvalue weighted by Crippen LogP contribution is 2.21. The topological polar surface area (TPSA) is 53.1 Å². The lowest BCUT2D eigenvalue weighted by Gasteiger charge is -2.03. The number of rotatable bonds is 2. The maximum atomic E-state index is 12.1. The Bertz CT molecular complexity index is 364. The number of pyridine rings is 1. The number of aromatic hydroxyl groups is 1. The van der Waals surface area contributed by atoms with Crippen LogP contribution in [0.2, 0.25) is 0 Å². The van der Waals surface area contributed by atoms with Crippen molar-refractivity contribution in [3.05, 3.63) is 27.7 Å². The number of H-pyrrole nitrogens is 1. The van der Waals surface area contributed by atoms with Crippen molar-refractivity contribution in [1.82, 2.24) is 4.98 Å². The van der Waals surface area contributed by atoms with Gasteiger partial charge in [0.2, 0.25) is 0 Å². The summed E-state index contributed by atoms with van der Waals surface area (Å²) in [7, 11) is 0. The minimum atomic E-state index is -2.90. The molecule has 6 heteroatoms. The summed E-state index contributed by atoms with van der Waals surface area (Å²) < 4.78 is 24.2. The highest BCUT2D eigenvalue weighted by molar-refractivity contribution is 6.17. The van der Waals surface area contributed by atoms with E-state index >= 15 is 0 Å². The fraction of sp³-hybridized carbons (Fsp3) is 0.286. The number of halogens is 3. The van der Waals surface area contributed by atoms with E-state index in [-0.39, 0.29) is 11.6 Å². The molecule has 0 atom stereocenters. The molecule has 1 aromatic heterocycles. The van der Waals surface area contributed by atoms with Crippen LogP contribution in [0.3, 0.4) is 0 Å². The molecule has 0 aliphatic carbocycles. The van der Waals surface area contributed by atoms with Crippen LogP contribution >= 0.6 is 11.6 Å². The van der Waals surface area contributed by atoms with Crippen molar-refractivity contribution in [2.24, 2.45) is 0 Å². The summed E-state index contributed by atoms with van der Waals surface area (Å²) >= 11 is 5.32.